The molecule has 7 nitrogen and oxygen atoms in total. The minimum atomic E-state index is -0.754. The number of carbonyl (C=O) groups excluding carboxylic acids is 2. The summed E-state index contributed by atoms with van der Waals surface area (Å²) in [7, 11) is 3.04. The summed E-state index contributed by atoms with van der Waals surface area (Å²) in [4.78, 5) is 24.7. The SMILES string of the molecule is CCOC(=O)N(Cc1ccc(OC)c(OC)c1)C(=O)OCC. The lowest BCUT2D eigenvalue weighted by atomic mass is 10.2. The van der Waals surface area contributed by atoms with E-state index in [1.54, 1.807) is 32.0 Å². The van der Waals surface area contributed by atoms with Gasteiger partial charge < -0.3 is 18.9 Å². The largest absolute Gasteiger partial charge is 0.493 e. The lowest BCUT2D eigenvalue weighted by molar-refractivity contribution is 0.0789. The van der Waals surface area contributed by atoms with Crippen LogP contribution in [0.25, 0.3) is 0 Å². The quantitative estimate of drug-likeness (QED) is 0.804. The Labute approximate surface area is 129 Å². The van der Waals surface area contributed by atoms with Crippen molar-refractivity contribution in [2.75, 3.05) is 27.4 Å². The van der Waals surface area contributed by atoms with E-state index in [0.717, 1.165) is 4.90 Å². The Kier molecular flexibility index (Phi) is 7.01. The molecule has 7 heteroatoms. The van der Waals surface area contributed by atoms with Gasteiger partial charge in [-0.15, -0.1) is 0 Å². The Morgan fingerprint density at radius 1 is 0.955 bits per heavy atom. The van der Waals surface area contributed by atoms with E-state index < -0.39 is 12.2 Å². The standard InChI is InChI=1S/C15H21NO6/c1-5-21-14(17)16(15(18)22-6-2)10-11-7-8-12(19-3)13(9-11)20-4/h7-9H,5-6,10H2,1-4H3. The van der Waals surface area contributed by atoms with Gasteiger partial charge in [-0.1, -0.05) is 6.07 Å². The summed E-state index contributed by atoms with van der Waals surface area (Å²) in [6.07, 6.45) is -1.51. The molecule has 0 aliphatic heterocycles. The van der Waals surface area contributed by atoms with Crippen LogP contribution in [0, 0.1) is 0 Å². The number of hydrogen-bond donors (Lipinski definition) is 0. The van der Waals surface area contributed by atoms with Crippen LogP contribution in [0.1, 0.15) is 19.4 Å². The summed E-state index contributed by atoms with van der Waals surface area (Å²) in [5.74, 6) is 1.07. The molecule has 1 aromatic carbocycles. The first-order chi connectivity index (χ1) is 10.6. The fourth-order valence-corrected chi connectivity index (χ4v) is 1.77. The Balaban J connectivity index is 2.98. The van der Waals surface area contributed by atoms with Gasteiger partial charge in [-0.05, 0) is 31.5 Å². The van der Waals surface area contributed by atoms with Crippen LogP contribution in [-0.2, 0) is 16.0 Å². The van der Waals surface area contributed by atoms with Crippen molar-refractivity contribution in [3.8, 4) is 11.5 Å². The van der Waals surface area contributed by atoms with Crippen LogP contribution in [0.3, 0.4) is 0 Å². The zero-order chi connectivity index (χ0) is 16.5. The van der Waals surface area contributed by atoms with Crippen molar-refractivity contribution in [1.82, 2.24) is 4.90 Å². The molecule has 1 aromatic rings. The zero-order valence-electron chi connectivity index (χ0n) is 13.3. The fourth-order valence-electron chi connectivity index (χ4n) is 1.77. The molecule has 22 heavy (non-hydrogen) atoms. The van der Waals surface area contributed by atoms with Gasteiger partial charge in [-0.2, -0.15) is 0 Å². The van der Waals surface area contributed by atoms with Crippen LogP contribution >= 0.6 is 0 Å². The molecule has 0 radical (unpaired) electrons. The summed E-state index contributed by atoms with van der Waals surface area (Å²) in [6.45, 7) is 3.68. The second-order valence-electron chi connectivity index (χ2n) is 4.17. The van der Waals surface area contributed by atoms with Crippen molar-refractivity contribution >= 4 is 12.2 Å². The zero-order valence-corrected chi connectivity index (χ0v) is 13.3. The highest BCUT2D eigenvalue weighted by molar-refractivity contribution is 5.87. The monoisotopic (exact) mass is 311 g/mol. The maximum atomic E-state index is 11.9. The predicted molar refractivity (Wildman–Crippen MR) is 79.1 cm³/mol. The molecule has 0 aromatic heterocycles. The second-order valence-corrected chi connectivity index (χ2v) is 4.17. The molecule has 0 aliphatic carbocycles. The number of nitrogens with zero attached hydrogens (tertiary/aromatic N) is 1. The number of ether oxygens (including phenoxy) is 4. The molecule has 0 unspecified atom stereocenters. The van der Waals surface area contributed by atoms with E-state index in [1.165, 1.54) is 14.2 Å². The van der Waals surface area contributed by atoms with Gasteiger partial charge in [-0.3, -0.25) is 0 Å². The normalized spacial score (nSPS) is 9.82. The second kappa shape index (κ2) is 8.76. The average Bonchev–Trinajstić information content (AvgIpc) is 2.52. The average molecular weight is 311 g/mol. The van der Waals surface area contributed by atoms with Crippen molar-refractivity contribution in [1.29, 1.82) is 0 Å². The maximum absolute atomic E-state index is 11.9. The van der Waals surface area contributed by atoms with Gasteiger partial charge >= 0.3 is 12.2 Å². The van der Waals surface area contributed by atoms with Crippen LogP contribution in [0.15, 0.2) is 18.2 Å². The highest BCUT2D eigenvalue weighted by atomic mass is 16.6. The molecule has 0 fully saturated rings. The van der Waals surface area contributed by atoms with Crippen LogP contribution in [0.5, 0.6) is 11.5 Å². The molecule has 0 spiro atoms. The molecule has 0 atom stereocenters. The molecular formula is C15H21NO6. The lowest BCUT2D eigenvalue weighted by Crippen LogP contribution is -2.37. The van der Waals surface area contributed by atoms with Gasteiger partial charge in [0.15, 0.2) is 11.5 Å². The van der Waals surface area contributed by atoms with Crippen LogP contribution in [0.4, 0.5) is 9.59 Å². The van der Waals surface area contributed by atoms with E-state index in [0.29, 0.717) is 17.1 Å². The highest BCUT2D eigenvalue weighted by Gasteiger charge is 2.24. The first-order valence-electron chi connectivity index (χ1n) is 6.89. The topological polar surface area (TPSA) is 74.3 Å². The molecule has 2 amide bonds. The smallest absolute Gasteiger partial charge is 0.419 e. The lowest BCUT2D eigenvalue weighted by Gasteiger charge is -2.20. The number of benzene rings is 1. The Hall–Kier alpha value is -2.44. The van der Waals surface area contributed by atoms with Gasteiger partial charge in [0.2, 0.25) is 0 Å². The van der Waals surface area contributed by atoms with Gasteiger partial charge in [0.1, 0.15) is 0 Å². The van der Waals surface area contributed by atoms with E-state index in [4.69, 9.17) is 18.9 Å². The number of carbonyl (C=O) groups is 2. The van der Waals surface area contributed by atoms with Crippen LogP contribution < -0.4 is 9.47 Å². The van der Waals surface area contributed by atoms with E-state index in [-0.39, 0.29) is 19.8 Å². The number of rotatable bonds is 6. The third-order valence-corrected chi connectivity index (χ3v) is 2.77. The third kappa shape index (κ3) is 4.54. The summed E-state index contributed by atoms with van der Waals surface area (Å²) in [6, 6.07) is 5.11. The van der Waals surface area contributed by atoms with Crippen molar-refractivity contribution < 1.29 is 28.5 Å². The summed E-state index contributed by atoms with van der Waals surface area (Å²) in [5, 5.41) is 0. The van der Waals surface area contributed by atoms with Gasteiger partial charge in [0, 0.05) is 0 Å². The van der Waals surface area contributed by atoms with Crippen molar-refractivity contribution in [2.24, 2.45) is 0 Å². The van der Waals surface area contributed by atoms with E-state index >= 15 is 0 Å². The van der Waals surface area contributed by atoms with E-state index in [1.807, 2.05) is 0 Å². The molecular weight excluding hydrogens is 290 g/mol. The molecule has 0 aliphatic rings. The van der Waals surface area contributed by atoms with E-state index in [2.05, 4.69) is 0 Å². The van der Waals surface area contributed by atoms with Gasteiger partial charge in [0.05, 0.1) is 34.0 Å². The van der Waals surface area contributed by atoms with Crippen LogP contribution in [0.2, 0.25) is 0 Å². The minimum absolute atomic E-state index is 0.0119. The number of hydrogen-bond acceptors (Lipinski definition) is 6. The molecule has 0 saturated heterocycles. The van der Waals surface area contributed by atoms with Crippen LogP contribution in [-0.4, -0.2) is 44.5 Å². The maximum Gasteiger partial charge on any atom is 0.419 e. The van der Waals surface area contributed by atoms with Crippen molar-refractivity contribution in [3.05, 3.63) is 23.8 Å². The van der Waals surface area contributed by atoms with Gasteiger partial charge in [-0.25, -0.2) is 14.5 Å². The first-order valence-corrected chi connectivity index (χ1v) is 6.89. The predicted octanol–water partition coefficient (Wildman–Crippen LogP) is 2.82. The summed E-state index contributed by atoms with van der Waals surface area (Å²) in [5.41, 5.74) is 0.679. The minimum Gasteiger partial charge on any atom is -0.493 e. The van der Waals surface area contributed by atoms with Crippen molar-refractivity contribution in [3.63, 3.8) is 0 Å². The molecule has 0 heterocycles. The highest BCUT2D eigenvalue weighted by Crippen LogP contribution is 2.28. The Morgan fingerprint density at radius 3 is 1.95 bits per heavy atom. The molecule has 0 bridgehead atoms. The number of amides is 2. The molecule has 0 N–H and O–H groups in total. The summed E-state index contributed by atoms with van der Waals surface area (Å²) >= 11 is 0. The third-order valence-electron chi connectivity index (χ3n) is 2.77. The van der Waals surface area contributed by atoms with Crippen molar-refractivity contribution in [2.45, 2.75) is 20.4 Å². The molecule has 0 saturated carbocycles. The Bertz CT molecular complexity index is 499. The van der Waals surface area contributed by atoms with Gasteiger partial charge in [0.25, 0.3) is 0 Å². The molecule has 1 rings (SSSR count). The van der Waals surface area contributed by atoms with E-state index in [9.17, 15) is 9.59 Å². The number of methoxy groups -OCH3 is 2. The first kappa shape index (κ1) is 17.6. The Morgan fingerprint density at radius 2 is 1.50 bits per heavy atom. The number of imide groups is 1. The summed E-state index contributed by atoms with van der Waals surface area (Å²) < 4.78 is 20.1. The molecule has 122 valence electrons. The fraction of sp³-hybridized carbons (Fsp3) is 0.467.